The van der Waals surface area contributed by atoms with Crippen LogP contribution in [0.4, 0.5) is 11.4 Å². The third-order valence-electron chi connectivity index (χ3n) is 3.84. The molecule has 2 aromatic carbocycles. The lowest BCUT2D eigenvalue weighted by Gasteiger charge is -2.23. The Labute approximate surface area is 133 Å². The Morgan fingerprint density at radius 1 is 1.13 bits per heavy atom. The van der Waals surface area contributed by atoms with E-state index in [4.69, 9.17) is 0 Å². The Hall–Kier alpha value is -2.67. The van der Waals surface area contributed by atoms with E-state index in [0.717, 1.165) is 23.1 Å². The van der Waals surface area contributed by atoms with Crippen LogP contribution in [0.3, 0.4) is 0 Å². The van der Waals surface area contributed by atoms with Gasteiger partial charge in [0.1, 0.15) is 5.84 Å². The van der Waals surface area contributed by atoms with Gasteiger partial charge in [-0.2, -0.15) is 0 Å². The van der Waals surface area contributed by atoms with E-state index in [1.807, 2.05) is 18.2 Å². The van der Waals surface area contributed by atoms with Gasteiger partial charge in [0.25, 0.3) is 5.91 Å². The minimum Gasteiger partial charge on any atom is -0.288 e. The average molecular weight is 327 g/mol. The molecule has 0 aliphatic carbocycles. The van der Waals surface area contributed by atoms with Gasteiger partial charge < -0.3 is 0 Å². The van der Waals surface area contributed by atoms with Crippen molar-refractivity contribution in [3.05, 3.63) is 59.2 Å². The summed E-state index contributed by atoms with van der Waals surface area (Å²) in [6.45, 7) is 0.376. The second-order valence-corrected chi connectivity index (χ2v) is 7.34. The predicted molar refractivity (Wildman–Crippen MR) is 87.4 cm³/mol. The van der Waals surface area contributed by atoms with E-state index < -0.39 is 10.0 Å². The molecule has 0 saturated heterocycles. The van der Waals surface area contributed by atoms with Gasteiger partial charge >= 0.3 is 0 Å². The zero-order chi connectivity index (χ0) is 16.2. The lowest BCUT2D eigenvalue weighted by atomic mass is 10.1. The molecule has 23 heavy (non-hydrogen) atoms. The number of benzene rings is 2. The van der Waals surface area contributed by atoms with E-state index in [-0.39, 0.29) is 5.91 Å². The number of carbonyl (C=O) groups is 1. The van der Waals surface area contributed by atoms with Crippen LogP contribution < -0.4 is 4.72 Å². The predicted octanol–water partition coefficient (Wildman–Crippen LogP) is 2.11. The summed E-state index contributed by atoms with van der Waals surface area (Å²) < 4.78 is 25.1. The van der Waals surface area contributed by atoms with Crippen molar-refractivity contribution in [2.24, 2.45) is 4.99 Å². The SMILES string of the molecule is CS(=O)(=O)Nc1ccc2c(c1)CN1C(=O)c3ccccc3C1=N2. The van der Waals surface area contributed by atoms with Crippen molar-refractivity contribution in [1.29, 1.82) is 0 Å². The molecule has 6 nitrogen and oxygen atoms in total. The van der Waals surface area contributed by atoms with Gasteiger partial charge in [-0.25, -0.2) is 13.4 Å². The van der Waals surface area contributed by atoms with Gasteiger partial charge in [0.2, 0.25) is 10.0 Å². The first kappa shape index (κ1) is 14.0. The molecule has 0 radical (unpaired) electrons. The summed E-state index contributed by atoms with van der Waals surface area (Å²) in [5, 5.41) is 0. The third-order valence-corrected chi connectivity index (χ3v) is 4.44. The highest BCUT2D eigenvalue weighted by atomic mass is 32.2. The molecule has 1 N–H and O–H groups in total. The molecule has 0 spiro atoms. The molecule has 0 fully saturated rings. The highest BCUT2D eigenvalue weighted by Gasteiger charge is 2.36. The number of hydrogen-bond acceptors (Lipinski definition) is 4. The van der Waals surface area contributed by atoms with Crippen molar-refractivity contribution in [3.63, 3.8) is 0 Å². The van der Waals surface area contributed by atoms with Crippen molar-refractivity contribution < 1.29 is 13.2 Å². The number of rotatable bonds is 2. The van der Waals surface area contributed by atoms with Gasteiger partial charge in [0, 0.05) is 11.3 Å². The standard InChI is InChI=1S/C16H13N3O3S/c1-23(21,22)18-11-6-7-14-10(8-11)9-19-15(17-14)12-4-2-3-5-13(12)16(19)20/h2-8,18H,9H2,1H3. The van der Waals surface area contributed by atoms with Gasteiger partial charge in [-0.15, -0.1) is 0 Å². The van der Waals surface area contributed by atoms with Crippen LogP contribution in [0, 0.1) is 0 Å². The summed E-state index contributed by atoms with van der Waals surface area (Å²) in [4.78, 5) is 18.7. The van der Waals surface area contributed by atoms with E-state index in [1.165, 1.54) is 0 Å². The second kappa shape index (κ2) is 4.66. The minimum absolute atomic E-state index is 0.0773. The quantitative estimate of drug-likeness (QED) is 0.917. The Kier molecular flexibility index (Phi) is 2.83. The van der Waals surface area contributed by atoms with Gasteiger partial charge in [-0.05, 0) is 29.8 Å². The van der Waals surface area contributed by atoms with E-state index in [9.17, 15) is 13.2 Å². The molecule has 2 heterocycles. The maximum absolute atomic E-state index is 12.5. The lowest BCUT2D eigenvalue weighted by molar-refractivity contribution is 0.0851. The summed E-state index contributed by atoms with van der Waals surface area (Å²) in [6.07, 6.45) is 1.10. The minimum atomic E-state index is -3.34. The smallest absolute Gasteiger partial charge is 0.260 e. The number of hydrogen-bond donors (Lipinski definition) is 1. The van der Waals surface area contributed by atoms with Crippen molar-refractivity contribution in [2.75, 3.05) is 11.0 Å². The van der Waals surface area contributed by atoms with E-state index in [2.05, 4.69) is 9.71 Å². The molecule has 0 saturated carbocycles. The fraction of sp³-hybridized carbons (Fsp3) is 0.125. The summed E-state index contributed by atoms with van der Waals surface area (Å²) in [5.74, 6) is 0.577. The molecular weight excluding hydrogens is 314 g/mol. The van der Waals surface area contributed by atoms with Crippen LogP contribution >= 0.6 is 0 Å². The first-order chi connectivity index (χ1) is 10.9. The van der Waals surface area contributed by atoms with Crippen molar-refractivity contribution in [3.8, 4) is 0 Å². The van der Waals surface area contributed by atoms with Crippen molar-refractivity contribution >= 4 is 33.1 Å². The van der Waals surface area contributed by atoms with Crippen molar-refractivity contribution in [2.45, 2.75) is 6.54 Å². The Balaban J connectivity index is 1.79. The van der Waals surface area contributed by atoms with Crippen LogP contribution in [-0.2, 0) is 16.6 Å². The molecule has 2 aliphatic heterocycles. The average Bonchev–Trinajstić information content (AvgIpc) is 2.77. The highest BCUT2D eigenvalue weighted by Crippen LogP contribution is 2.35. The monoisotopic (exact) mass is 327 g/mol. The molecule has 4 rings (SSSR count). The molecule has 2 aliphatic rings. The number of nitrogens with one attached hydrogen (secondary N) is 1. The summed E-state index contributed by atoms with van der Waals surface area (Å²) in [5.41, 5.74) is 3.51. The summed E-state index contributed by atoms with van der Waals surface area (Å²) >= 11 is 0. The van der Waals surface area contributed by atoms with Crippen LogP contribution in [0.25, 0.3) is 0 Å². The van der Waals surface area contributed by atoms with Crippen molar-refractivity contribution in [1.82, 2.24) is 4.90 Å². The molecule has 116 valence electrons. The second-order valence-electron chi connectivity index (χ2n) is 5.59. The summed E-state index contributed by atoms with van der Waals surface area (Å²) in [7, 11) is -3.34. The van der Waals surface area contributed by atoms with Crippen LogP contribution in [0.1, 0.15) is 21.5 Å². The lowest BCUT2D eigenvalue weighted by Crippen LogP contribution is -2.31. The Bertz CT molecular complexity index is 980. The largest absolute Gasteiger partial charge is 0.288 e. The van der Waals surface area contributed by atoms with E-state index in [0.29, 0.717) is 23.6 Å². The van der Waals surface area contributed by atoms with E-state index in [1.54, 1.807) is 29.2 Å². The molecular formula is C16H13N3O3S. The number of sulfonamides is 1. The first-order valence-corrected chi connectivity index (χ1v) is 8.92. The molecule has 0 bridgehead atoms. The third kappa shape index (κ3) is 2.29. The maximum atomic E-state index is 12.5. The molecule has 0 unspecified atom stereocenters. The van der Waals surface area contributed by atoms with Gasteiger partial charge in [-0.3, -0.25) is 14.4 Å². The number of carbonyl (C=O) groups excluding carboxylic acids is 1. The summed E-state index contributed by atoms with van der Waals surface area (Å²) in [6, 6.07) is 12.5. The first-order valence-electron chi connectivity index (χ1n) is 7.03. The maximum Gasteiger partial charge on any atom is 0.260 e. The van der Waals surface area contributed by atoms with Crippen LogP contribution in [0.15, 0.2) is 47.5 Å². The van der Waals surface area contributed by atoms with Crippen LogP contribution in [0.2, 0.25) is 0 Å². The van der Waals surface area contributed by atoms with Crippen LogP contribution in [-0.4, -0.2) is 31.3 Å². The number of amides is 1. The molecule has 0 atom stereocenters. The number of fused-ring (bicyclic) bond motifs is 4. The van der Waals surface area contributed by atoms with Crippen LogP contribution in [0.5, 0.6) is 0 Å². The highest BCUT2D eigenvalue weighted by molar-refractivity contribution is 7.92. The van der Waals surface area contributed by atoms with Gasteiger partial charge in [0.15, 0.2) is 0 Å². The zero-order valence-corrected chi connectivity index (χ0v) is 13.1. The molecule has 1 amide bonds. The molecule has 7 heteroatoms. The fourth-order valence-electron chi connectivity index (χ4n) is 2.90. The number of nitrogens with zero attached hydrogens (tertiary/aromatic N) is 2. The van der Waals surface area contributed by atoms with Gasteiger partial charge in [-0.1, -0.05) is 18.2 Å². The van der Waals surface area contributed by atoms with E-state index >= 15 is 0 Å². The number of aliphatic imine (C=N–C) groups is 1. The zero-order valence-electron chi connectivity index (χ0n) is 12.3. The Morgan fingerprint density at radius 2 is 1.87 bits per heavy atom. The number of anilines is 1. The topological polar surface area (TPSA) is 78.8 Å². The van der Waals surface area contributed by atoms with Gasteiger partial charge in [0.05, 0.1) is 24.1 Å². The Morgan fingerprint density at radius 3 is 2.61 bits per heavy atom. The normalized spacial score (nSPS) is 15.6. The molecule has 2 aromatic rings. The number of amidine groups is 1. The fourth-order valence-corrected chi connectivity index (χ4v) is 3.46. The molecule has 0 aromatic heterocycles.